The molecule has 1 aromatic carbocycles. The van der Waals surface area contributed by atoms with Gasteiger partial charge in [-0.1, -0.05) is 0 Å². The number of carbonyl (C=O) groups excluding carboxylic acids is 2. The van der Waals surface area contributed by atoms with Gasteiger partial charge in [-0.15, -0.1) is 0 Å². The molecule has 0 spiro atoms. The molecule has 108 valence electrons. The number of alkyl halides is 1. The van der Waals surface area contributed by atoms with Crippen LogP contribution in [0, 0.1) is 5.82 Å². The number of amides is 2. The van der Waals surface area contributed by atoms with Gasteiger partial charge in [-0.25, -0.2) is 8.78 Å². The third-order valence-electron chi connectivity index (χ3n) is 3.20. The summed E-state index contributed by atoms with van der Waals surface area (Å²) >= 11 is 0. The number of benzene rings is 1. The van der Waals surface area contributed by atoms with E-state index in [0.717, 1.165) is 0 Å². The van der Waals surface area contributed by atoms with Crippen LogP contribution in [0.25, 0.3) is 0 Å². The first-order valence-corrected chi connectivity index (χ1v) is 6.51. The maximum atomic E-state index is 13.0. The van der Waals surface area contributed by atoms with Gasteiger partial charge in [0, 0.05) is 25.1 Å². The number of nitrogens with zero attached hydrogens (tertiary/aromatic N) is 1. The summed E-state index contributed by atoms with van der Waals surface area (Å²) in [5.74, 6) is -0.953. The zero-order valence-corrected chi connectivity index (χ0v) is 10.9. The Labute approximate surface area is 115 Å². The predicted octanol–water partition coefficient (Wildman–Crippen LogP) is 2.11. The second-order valence-electron chi connectivity index (χ2n) is 4.75. The van der Waals surface area contributed by atoms with Gasteiger partial charge in [0.15, 0.2) is 0 Å². The minimum absolute atomic E-state index is 0.0976. The van der Waals surface area contributed by atoms with Crippen LogP contribution in [0.4, 0.5) is 14.5 Å². The van der Waals surface area contributed by atoms with Gasteiger partial charge in [-0.05, 0) is 30.7 Å². The molecule has 0 aromatic heterocycles. The summed E-state index contributed by atoms with van der Waals surface area (Å²) in [6, 6.07) is 4.74. The smallest absolute Gasteiger partial charge is 0.231 e. The molecule has 0 radical (unpaired) electrons. The molecule has 0 aliphatic carbocycles. The van der Waals surface area contributed by atoms with Crippen LogP contribution in [-0.2, 0) is 9.59 Å². The van der Waals surface area contributed by atoms with Crippen molar-refractivity contribution >= 4 is 17.5 Å². The van der Waals surface area contributed by atoms with E-state index in [1.807, 2.05) is 0 Å². The first-order valence-electron chi connectivity index (χ1n) is 6.51. The summed E-state index contributed by atoms with van der Waals surface area (Å²) in [5.41, 5.74) is 0.537. The third-order valence-corrected chi connectivity index (χ3v) is 3.20. The number of carbonyl (C=O) groups is 2. The normalized spacial score (nSPS) is 16.3. The highest BCUT2D eigenvalue weighted by Gasteiger charge is 2.28. The maximum Gasteiger partial charge on any atom is 0.231 e. The first-order chi connectivity index (χ1) is 9.60. The number of anilines is 1. The van der Waals surface area contributed by atoms with Crippen molar-refractivity contribution in [2.45, 2.75) is 25.3 Å². The van der Waals surface area contributed by atoms with Crippen LogP contribution in [0.3, 0.4) is 0 Å². The summed E-state index contributed by atoms with van der Waals surface area (Å²) in [7, 11) is 0. The second-order valence-corrected chi connectivity index (χ2v) is 4.75. The number of likely N-dealkylation sites (tertiary alicyclic amines) is 1. The molecule has 1 atom stereocenters. The SMILES string of the molecule is O=C1CCCN1C(=O)CC(CF)Nc1ccc(F)cc1. The van der Waals surface area contributed by atoms with Crippen molar-refractivity contribution in [2.24, 2.45) is 0 Å². The average molecular weight is 282 g/mol. The van der Waals surface area contributed by atoms with Crippen LogP contribution in [0.1, 0.15) is 19.3 Å². The molecule has 0 bridgehead atoms. The second kappa shape index (κ2) is 6.45. The van der Waals surface area contributed by atoms with Gasteiger partial charge >= 0.3 is 0 Å². The van der Waals surface area contributed by atoms with E-state index in [-0.39, 0.29) is 24.1 Å². The molecule has 0 saturated carbocycles. The molecule has 1 fully saturated rings. The Kier molecular flexibility index (Phi) is 4.65. The zero-order chi connectivity index (χ0) is 14.5. The van der Waals surface area contributed by atoms with Crippen molar-refractivity contribution in [1.29, 1.82) is 0 Å². The van der Waals surface area contributed by atoms with Gasteiger partial charge < -0.3 is 5.32 Å². The van der Waals surface area contributed by atoms with Crippen molar-refractivity contribution in [3.05, 3.63) is 30.1 Å². The lowest BCUT2D eigenvalue weighted by Gasteiger charge is -2.19. The van der Waals surface area contributed by atoms with E-state index in [2.05, 4.69) is 5.32 Å². The van der Waals surface area contributed by atoms with E-state index in [1.165, 1.54) is 29.2 Å². The van der Waals surface area contributed by atoms with Crippen molar-refractivity contribution in [2.75, 3.05) is 18.5 Å². The molecular formula is C14H16F2N2O2. The van der Waals surface area contributed by atoms with E-state index in [0.29, 0.717) is 25.1 Å². The van der Waals surface area contributed by atoms with Crippen LogP contribution in [0.5, 0.6) is 0 Å². The number of nitrogens with one attached hydrogen (secondary N) is 1. The number of halogens is 2. The minimum atomic E-state index is -0.745. The highest BCUT2D eigenvalue weighted by Crippen LogP contribution is 2.15. The summed E-state index contributed by atoms with van der Waals surface area (Å²) < 4.78 is 25.7. The Bertz CT molecular complexity index is 490. The lowest BCUT2D eigenvalue weighted by atomic mass is 10.2. The standard InChI is InChI=1S/C14H16F2N2O2/c15-9-12(17-11-5-3-10(16)4-6-11)8-14(20)18-7-1-2-13(18)19/h3-6,12,17H,1-2,7-9H2. The van der Waals surface area contributed by atoms with E-state index in [4.69, 9.17) is 0 Å². The Morgan fingerprint density at radius 2 is 2.05 bits per heavy atom. The molecule has 20 heavy (non-hydrogen) atoms. The largest absolute Gasteiger partial charge is 0.379 e. The van der Waals surface area contributed by atoms with Gasteiger partial charge in [0.1, 0.15) is 12.5 Å². The Hall–Kier alpha value is -1.98. The molecule has 4 nitrogen and oxygen atoms in total. The summed E-state index contributed by atoms with van der Waals surface area (Å²) in [6.07, 6.45) is 0.938. The molecule has 6 heteroatoms. The monoisotopic (exact) mass is 282 g/mol. The van der Waals surface area contributed by atoms with Crippen molar-refractivity contribution in [3.63, 3.8) is 0 Å². The van der Waals surface area contributed by atoms with E-state index >= 15 is 0 Å². The fraction of sp³-hybridized carbons (Fsp3) is 0.429. The lowest BCUT2D eigenvalue weighted by Crippen LogP contribution is -2.36. The van der Waals surface area contributed by atoms with Gasteiger partial charge in [0.25, 0.3) is 0 Å². The summed E-state index contributed by atoms with van der Waals surface area (Å²) in [4.78, 5) is 24.5. The number of hydrogen-bond donors (Lipinski definition) is 1. The van der Waals surface area contributed by atoms with Gasteiger partial charge in [0.2, 0.25) is 11.8 Å². The van der Waals surface area contributed by atoms with Gasteiger partial charge in [-0.3, -0.25) is 14.5 Å². The average Bonchev–Trinajstić information content (AvgIpc) is 2.86. The number of rotatable bonds is 5. The van der Waals surface area contributed by atoms with Crippen molar-refractivity contribution in [1.82, 2.24) is 4.90 Å². The summed E-state index contributed by atoms with van der Waals surface area (Å²) in [6.45, 7) is -0.335. The summed E-state index contributed by atoms with van der Waals surface area (Å²) in [5, 5.41) is 2.82. The first kappa shape index (κ1) is 14.4. The minimum Gasteiger partial charge on any atom is -0.379 e. The zero-order valence-electron chi connectivity index (χ0n) is 10.9. The van der Waals surface area contributed by atoms with Crippen LogP contribution in [0.15, 0.2) is 24.3 Å². The molecule has 1 saturated heterocycles. The third kappa shape index (κ3) is 3.53. The molecule has 1 N–H and O–H groups in total. The predicted molar refractivity (Wildman–Crippen MR) is 70.4 cm³/mol. The van der Waals surface area contributed by atoms with Crippen LogP contribution >= 0.6 is 0 Å². The van der Waals surface area contributed by atoms with Gasteiger partial charge in [0.05, 0.1) is 6.04 Å². The van der Waals surface area contributed by atoms with Crippen LogP contribution < -0.4 is 5.32 Å². The quantitative estimate of drug-likeness (QED) is 0.900. The fourth-order valence-electron chi connectivity index (χ4n) is 2.16. The number of imide groups is 1. The highest BCUT2D eigenvalue weighted by molar-refractivity contribution is 5.96. The molecular weight excluding hydrogens is 266 g/mol. The van der Waals surface area contributed by atoms with Crippen LogP contribution in [-0.4, -0.2) is 36.0 Å². The molecule has 2 amide bonds. The van der Waals surface area contributed by atoms with E-state index < -0.39 is 12.7 Å². The molecule has 1 heterocycles. The highest BCUT2D eigenvalue weighted by atomic mass is 19.1. The lowest BCUT2D eigenvalue weighted by molar-refractivity contribution is -0.142. The molecule has 2 rings (SSSR count). The van der Waals surface area contributed by atoms with E-state index in [1.54, 1.807) is 0 Å². The Balaban J connectivity index is 1.93. The maximum absolute atomic E-state index is 13.0. The Morgan fingerprint density at radius 1 is 1.35 bits per heavy atom. The van der Waals surface area contributed by atoms with Crippen molar-refractivity contribution in [3.8, 4) is 0 Å². The Morgan fingerprint density at radius 3 is 2.60 bits per heavy atom. The van der Waals surface area contributed by atoms with E-state index in [9.17, 15) is 18.4 Å². The van der Waals surface area contributed by atoms with Gasteiger partial charge in [-0.2, -0.15) is 0 Å². The topological polar surface area (TPSA) is 49.4 Å². The molecule has 1 aliphatic heterocycles. The van der Waals surface area contributed by atoms with Crippen molar-refractivity contribution < 1.29 is 18.4 Å². The molecule has 1 aromatic rings. The molecule has 1 unspecified atom stereocenters. The fourth-order valence-corrected chi connectivity index (χ4v) is 2.16. The van der Waals surface area contributed by atoms with Crippen LogP contribution in [0.2, 0.25) is 0 Å². The molecule has 1 aliphatic rings. The number of hydrogen-bond acceptors (Lipinski definition) is 3.